The van der Waals surface area contributed by atoms with E-state index < -0.39 is 4.92 Å². The molecule has 0 aliphatic carbocycles. The summed E-state index contributed by atoms with van der Waals surface area (Å²) in [6, 6.07) is 13.8. The maximum Gasteiger partial charge on any atom is 0.269 e. The van der Waals surface area contributed by atoms with E-state index in [0.29, 0.717) is 28.9 Å². The van der Waals surface area contributed by atoms with Crippen LogP contribution in [-0.4, -0.2) is 19.7 Å². The van der Waals surface area contributed by atoms with Crippen LogP contribution >= 0.6 is 23.4 Å². The van der Waals surface area contributed by atoms with Crippen LogP contribution in [0.4, 0.5) is 5.69 Å². The lowest BCUT2D eigenvalue weighted by atomic mass is 10.2. The van der Waals surface area contributed by atoms with Gasteiger partial charge >= 0.3 is 0 Å². The number of hydrogen-bond acceptors (Lipinski definition) is 6. The molecule has 140 valence electrons. The van der Waals surface area contributed by atoms with Crippen LogP contribution in [0, 0.1) is 10.1 Å². The molecule has 0 atom stereocenters. The second kappa shape index (κ2) is 8.88. The van der Waals surface area contributed by atoms with E-state index in [-0.39, 0.29) is 12.3 Å². The molecule has 0 aliphatic rings. The van der Waals surface area contributed by atoms with Gasteiger partial charge in [0.15, 0.2) is 11.0 Å². The number of benzene rings is 2. The highest BCUT2D eigenvalue weighted by molar-refractivity contribution is 7.98. The lowest BCUT2D eigenvalue weighted by molar-refractivity contribution is -0.384. The van der Waals surface area contributed by atoms with Crippen LogP contribution < -0.4 is 4.74 Å². The van der Waals surface area contributed by atoms with Crippen molar-refractivity contribution >= 4 is 29.1 Å². The number of rotatable bonds is 8. The standard InChI is InChI=1S/C18H17ClN4O3S/c1-2-22-17(11-26-16-6-4-3-5-15(16)19)20-21-18(22)27-12-13-7-9-14(10-8-13)23(24)25/h3-10H,2,11-12H2,1H3. The Morgan fingerprint density at radius 2 is 1.93 bits per heavy atom. The van der Waals surface area contributed by atoms with E-state index in [1.54, 1.807) is 24.3 Å². The number of para-hydroxylation sites is 1. The molecule has 0 N–H and O–H groups in total. The fourth-order valence-corrected chi connectivity index (χ4v) is 3.58. The Kier molecular flexibility index (Phi) is 6.31. The number of ether oxygens (including phenoxy) is 1. The van der Waals surface area contributed by atoms with Crippen LogP contribution in [0.5, 0.6) is 5.75 Å². The Hall–Kier alpha value is -2.58. The van der Waals surface area contributed by atoms with Crippen molar-refractivity contribution in [2.24, 2.45) is 0 Å². The molecule has 0 saturated carbocycles. The Labute approximate surface area is 165 Å². The Bertz CT molecular complexity index is 931. The van der Waals surface area contributed by atoms with Gasteiger partial charge in [-0.15, -0.1) is 10.2 Å². The average molecular weight is 405 g/mol. The van der Waals surface area contributed by atoms with E-state index in [9.17, 15) is 10.1 Å². The van der Waals surface area contributed by atoms with Crippen molar-refractivity contribution in [1.29, 1.82) is 0 Å². The second-order valence-electron chi connectivity index (χ2n) is 5.57. The smallest absolute Gasteiger partial charge is 0.269 e. The van der Waals surface area contributed by atoms with Crippen LogP contribution in [0.15, 0.2) is 53.7 Å². The van der Waals surface area contributed by atoms with Crippen molar-refractivity contribution in [1.82, 2.24) is 14.8 Å². The summed E-state index contributed by atoms with van der Waals surface area (Å²) in [4.78, 5) is 10.3. The number of nitro groups is 1. The van der Waals surface area contributed by atoms with E-state index in [4.69, 9.17) is 16.3 Å². The van der Waals surface area contributed by atoms with Gasteiger partial charge in [0.25, 0.3) is 5.69 Å². The molecule has 7 nitrogen and oxygen atoms in total. The first-order chi connectivity index (χ1) is 13.1. The van der Waals surface area contributed by atoms with Gasteiger partial charge in [0, 0.05) is 24.4 Å². The summed E-state index contributed by atoms with van der Waals surface area (Å²) in [5.41, 5.74) is 1.06. The molecule has 9 heteroatoms. The number of nitrogens with zero attached hydrogens (tertiary/aromatic N) is 4. The van der Waals surface area contributed by atoms with Crippen molar-refractivity contribution < 1.29 is 9.66 Å². The Morgan fingerprint density at radius 1 is 1.19 bits per heavy atom. The second-order valence-corrected chi connectivity index (χ2v) is 6.92. The molecular weight excluding hydrogens is 388 g/mol. The molecule has 0 fully saturated rings. The van der Waals surface area contributed by atoms with Crippen LogP contribution in [0.25, 0.3) is 0 Å². The minimum atomic E-state index is -0.407. The molecule has 0 saturated heterocycles. The van der Waals surface area contributed by atoms with Crippen LogP contribution in [-0.2, 0) is 18.9 Å². The van der Waals surface area contributed by atoms with Crippen molar-refractivity contribution in [3.8, 4) is 5.75 Å². The van der Waals surface area contributed by atoms with E-state index >= 15 is 0 Å². The third-order valence-corrected chi connectivity index (χ3v) is 5.17. The fourth-order valence-electron chi connectivity index (χ4n) is 2.42. The zero-order valence-corrected chi connectivity index (χ0v) is 16.1. The van der Waals surface area contributed by atoms with Gasteiger partial charge in [-0.05, 0) is 24.6 Å². The zero-order chi connectivity index (χ0) is 19.2. The highest BCUT2D eigenvalue weighted by atomic mass is 35.5. The maximum atomic E-state index is 10.7. The zero-order valence-electron chi connectivity index (χ0n) is 14.5. The molecule has 1 heterocycles. The molecule has 0 bridgehead atoms. The average Bonchev–Trinajstić information content (AvgIpc) is 3.08. The molecule has 0 spiro atoms. The molecule has 3 aromatic rings. The monoisotopic (exact) mass is 404 g/mol. The highest BCUT2D eigenvalue weighted by Crippen LogP contribution is 2.26. The number of non-ortho nitro benzene ring substituents is 1. The van der Waals surface area contributed by atoms with Crippen molar-refractivity contribution in [2.75, 3.05) is 0 Å². The first-order valence-corrected chi connectivity index (χ1v) is 9.60. The number of aromatic nitrogens is 3. The summed E-state index contributed by atoms with van der Waals surface area (Å²) in [6.07, 6.45) is 0. The van der Waals surface area contributed by atoms with E-state index in [1.807, 2.05) is 23.6 Å². The molecule has 27 heavy (non-hydrogen) atoms. The number of thioether (sulfide) groups is 1. The first kappa shape index (κ1) is 19.2. The largest absolute Gasteiger partial charge is 0.484 e. The predicted octanol–water partition coefficient (Wildman–Crippen LogP) is 4.73. The summed E-state index contributed by atoms with van der Waals surface area (Å²) < 4.78 is 7.73. The highest BCUT2D eigenvalue weighted by Gasteiger charge is 2.13. The number of nitro benzene ring substituents is 1. The molecular formula is C18H17ClN4O3S. The third kappa shape index (κ3) is 4.78. The van der Waals surface area contributed by atoms with Crippen molar-refractivity contribution in [3.05, 3.63) is 75.1 Å². The lowest BCUT2D eigenvalue weighted by Gasteiger charge is -2.09. The topological polar surface area (TPSA) is 83.1 Å². The Balaban J connectivity index is 1.64. The van der Waals surface area contributed by atoms with Gasteiger partial charge in [0.1, 0.15) is 12.4 Å². The molecule has 0 amide bonds. The van der Waals surface area contributed by atoms with Gasteiger partial charge < -0.3 is 9.30 Å². The van der Waals surface area contributed by atoms with E-state index in [2.05, 4.69) is 10.2 Å². The third-order valence-electron chi connectivity index (χ3n) is 3.82. The molecule has 0 radical (unpaired) electrons. The molecule has 0 aliphatic heterocycles. The maximum absolute atomic E-state index is 10.7. The summed E-state index contributed by atoms with van der Waals surface area (Å²) in [5, 5.41) is 20.5. The van der Waals surface area contributed by atoms with E-state index in [1.165, 1.54) is 23.9 Å². The predicted molar refractivity (Wildman–Crippen MR) is 104 cm³/mol. The SMILES string of the molecule is CCn1c(COc2ccccc2Cl)nnc1SCc1ccc([N+](=O)[O-])cc1. The minimum Gasteiger partial charge on any atom is -0.484 e. The molecule has 3 rings (SSSR count). The number of hydrogen-bond donors (Lipinski definition) is 0. The van der Waals surface area contributed by atoms with E-state index in [0.717, 1.165) is 10.7 Å². The molecule has 0 unspecified atom stereocenters. The summed E-state index contributed by atoms with van der Waals surface area (Å²) in [5.74, 6) is 1.95. The lowest BCUT2D eigenvalue weighted by Crippen LogP contribution is -2.07. The van der Waals surface area contributed by atoms with Gasteiger partial charge in [-0.3, -0.25) is 10.1 Å². The molecule has 1 aromatic heterocycles. The van der Waals surface area contributed by atoms with Crippen molar-refractivity contribution in [2.45, 2.75) is 31.0 Å². The number of halogens is 1. The summed E-state index contributed by atoms with van der Waals surface area (Å²) in [6.45, 7) is 2.98. The van der Waals surface area contributed by atoms with Gasteiger partial charge in [0.05, 0.1) is 9.95 Å². The fraction of sp³-hybridized carbons (Fsp3) is 0.222. The minimum absolute atomic E-state index is 0.0829. The van der Waals surface area contributed by atoms with Gasteiger partial charge in [-0.25, -0.2) is 0 Å². The summed E-state index contributed by atoms with van der Waals surface area (Å²) >= 11 is 7.63. The van der Waals surface area contributed by atoms with Gasteiger partial charge in [-0.1, -0.05) is 47.6 Å². The van der Waals surface area contributed by atoms with Gasteiger partial charge in [-0.2, -0.15) is 0 Å². The van der Waals surface area contributed by atoms with Crippen molar-refractivity contribution in [3.63, 3.8) is 0 Å². The normalized spacial score (nSPS) is 10.7. The van der Waals surface area contributed by atoms with Crippen LogP contribution in [0.3, 0.4) is 0 Å². The quantitative estimate of drug-likeness (QED) is 0.306. The van der Waals surface area contributed by atoms with Crippen LogP contribution in [0.2, 0.25) is 5.02 Å². The van der Waals surface area contributed by atoms with Gasteiger partial charge in [0.2, 0.25) is 0 Å². The Morgan fingerprint density at radius 3 is 2.59 bits per heavy atom. The summed E-state index contributed by atoms with van der Waals surface area (Å²) in [7, 11) is 0. The molecule has 2 aromatic carbocycles. The first-order valence-electron chi connectivity index (χ1n) is 8.24. The van der Waals surface area contributed by atoms with Crippen LogP contribution in [0.1, 0.15) is 18.3 Å².